The summed E-state index contributed by atoms with van der Waals surface area (Å²) in [5, 5.41) is 2.89. The fraction of sp³-hybridized carbons (Fsp3) is 0.222. The highest BCUT2D eigenvalue weighted by Gasteiger charge is 2.39. The van der Waals surface area contributed by atoms with Crippen LogP contribution in [0, 0.1) is 11.8 Å². The molecule has 0 aliphatic heterocycles. The summed E-state index contributed by atoms with van der Waals surface area (Å²) in [6.07, 6.45) is 0.939. The molecular weight excluding hydrogens is 292 g/mol. The Hall–Kier alpha value is -2.82. The number of para-hydroxylation sites is 1. The van der Waals surface area contributed by atoms with E-state index in [2.05, 4.69) is 12.2 Å². The molecule has 2 aromatic rings. The zero-order valence-electron chi connectivity index (χ0n) is 12.8. The minimum absolute atomic E-state index is 0.0344. The van der Waals surface area contributed by atoms with E-state index >= 15 is 0 Å². The average molecular weight is 310 g/mol. The van der Waals surface area contributed by atoms with Crippen molar-refractivity contribution >= 4 is 17.5 Å². The van der Waals surface area contributed by atoms with E-state index < -0.39 is 5.91 Å². The molecule has 2 aromatic carbocycles. The number of rotatable bonds is 5. The van der Waals surface area contributed by atoms with Crippen molar-refractivity contribution < 1.29 is 14.3 Å². The number of nitrogens with two attached hydrogens (primary N) is 1. The van der Waals surface area contributed by atoms with Crippen LogP contribution < -0.4 is 15.8 Å². The Bertz CT molecular complexity index is 757. The van der Waals surface area contributed by atoms with Crippen molar-refractivity contribution in [3.05, 3.63) is 54.1 Å². The molecule has 118 valence electrons. The van der Waals surface area contributed by atoms with Crippen molar-refractivity contribution in [2.75, 3.05) is 5.32 Å². The van der Waals surface area contributed by atoms with Gasteiger partial charge in [0.15, 0.2) is 0 Å². The van der Waals surface area contributed by atoms with Crippen molar-refractivity contribution in [3.8, 4) is 11.5 Å². The standard InChI is InChI=1S/C18H18N2O3/c1-11-9-15(11)18(22)20-12-5-4-6-13(10-12)23-16-8-3-2-7-14(16)17(19)21/h2-8,10-11,15H,9H2,1H3,(H2,19,21)(H,20,22)/t11-,15+/m1/s1. The second-order valence-corrected chi connectivity index (χ2v) is 5.80. The van der Waals surface area contributed by atoms with Gasteiger partial charge in [-0.1, -0.05) is 25.1 Å². The first-order chi connectivity index (χ1) is 11.0. The topological polar surface area (TPSA) is 81.4 Å². The Morgan fingerprint density at radius 2 is 1.91 bits per heavy atom. The molecule has 0 saturated heterocycles. The van der Waals surface area contributed by atoms with E-state index in [1.165, 1.54) is 0 Å². The Balaban J connectivity index is 1.75. The number of nitrogens with one attached hydrogen (secondary N) is 1. The second kappa shape index (κ2) is 6.12. The van der Waals surface area contributed by atoms with Gasteiger partial charge in [0.2, 0.25) is 5.91 Å². The first kappa shape index (κ1) is 15.1. The van der Waals surface area contributed by atoms with Crippen molar-refractivity contribution in [1.82, 2.24) is 0 Å². The Kier molecular flexibility index (Phi) is 4.02. The van der Waals surface area contributed by atoms with Gasteiger partial charge in [0.05, 0.1) is 5.56 Å². The molecule has 3 rings (SSSR count). The lowest BCUT2D eigenvalue weighted by Gasteiger charge is -2.11. The lowest BCUT2D eigenvalue weighted by molar-refractivity contribution is -0.117. The minimum atomic E-state index is -0.548. The van der Waals surface area contributed by atoms with Gasteiger partial charge in [0.25, 0.3) is 5.91 Å². The van der Waals surface area contributed by atoms with Crippen molar-refractivity contribution in [3.63, 3.8) is 0 Å². The van der Waals surface area contributed by atoms with Crippen LogP contribution >= 0.6 is 0 Å². The monoisotopic (exact) mass is 310 g/mol. The van der Waals surface area contributed by atoms with Crippen LogP contribution in [0.15, 0.2) is 48.5 Å². The predicted molar refractivity (Wildman–Crippen MR) is 87.4 cm³/mol. The highest BCUT2D eigenvalue weighted by molar-refractivity contribution is 5.96. The van der Waals surface area contributed by atoms with Gasteiger partial charge < -0.3 is 15.8 Å². The molecule has 0 radical (unpaired) electrons. The molecule has 5 nitrogen and oxygen atoms in total. The predicted octanol–water partition coefficient (Wildman–Crippen LogP) is 3.17. The van der Waals surface area contributed by atoms with Gasteiger partial charge in [-0.05, 0) is 36.6 Å². The summed E-state index contributed by atoms with van der Waals surface area (Å²) in [6.45, 7) is 2.06. The van der Waals surface area contributed by atoms with Gasteiger partial charge in [-0.15, -0.1) is 0 Å². The van der Waals surface area contributed by atoms with Crippen LogP contribution in [0.3, 0.4) is 0 Å². The maximum absolute atomic E-state index is 12.0. The summed E-state index contributed by atoms with van der Waals surface area (Å²) in [6, 6.07) is 13.8. The Labute approximate surface area is 134 Å². The number of ether oxygens (including phenoxy) is 1. The molecule has 1 aliphatic carbocycles. The van der Waals surface area contributed by atoms with Crippen LogP contribution in [-0.2, 0) is 4.79 Å². The zero-order chi connectivity index (χ0) is 16.4. The van der Waals surface area contributed by atoms with Gasteiger partial charge >= 0.3 is 0 Å². The van der Waals surface area contributed by atoms with E-state index in [1.807, 2.05) is 0 Å². The third kappa shape index (κ3) is 3.51. The van der Waals surface area contributed by atoms with Gasteiger partial charge in [-0.3, -0.25) is 9.59 Å². The molecule has 5 heteroatoms. The van der Waals surface area contributed by atoms with Crippen LogP contribution in [0.2, 0.25) is 0 Å². The van der Waals surface area contributed by atoms with E-state index in [1.54, 1.807) is 48.5 Å². The summed E-state index contributed by atoms with van der Waals surface area (Å²) >= 11 is 0. The SMILES string of the molecule is C[C@@H]1C[C@@H]1C(=O)Nc1cccc(Oc2ccccc2C(N)=O)c1. The minimum Gasteiger partial charge on any atom is -0.456 e. The highest BCUT2D eigenvalue weighted by Crippen LogP contribution is 2.38. The molecular formula is C18H18N2O3. The summed E-state index contributed by atoms with van der Waals surface area (Å²) in [7, 11) is 0. The number of carbonyl (C=O) groups is 2. The Morgan fingerprint density at radius 1 is 1.17 bits per heavy atom. The molecule has 1 fully saturated rings. The van der Waals surface area contributed by atoms with E-state index in [0.29, 0.717) is 28.7 Å². The van der Waals surface area contributed by atoms with E-state index in [0.717, 1.165) is 6.42 Å². The molecule has 0 unspecified atom stereocenters. The number of primary amides is 1. The van der Waals surface area contributed by atoms with Gasteiger partial charge in [0.1, 0.15) is 11.5 Å². The summed E-state index contributed by atoms with van der Waals surface area (Å²) in [5.74, 6) is 0.964. The first-order valence-electron chi connectivity index (χ1n) is 7.52. The van der Waals surface area contributed by atoms with E-state index in [9.17, 15) is 9.59 Å². The number of benzene rings is 2. The third-order valence-electron chi connectivity index (χ3n) is 3.93. The lowest BCUT2D eigenvalue weighted by Crippen LogP contribution is -2.14. The molecule has 1 saturated carbocycles. The van der Waals surface area contributed by atoms with Crippen LogP contribution in [0.4, 0.5) is 5.69 Å². The van der Waals surface area contributed by atoms with Crippen LogP contribution in [0.1, 0.15) is 23.7 Å². The van der Waals surface area contributed by atoms with Crippen LogP contribution in [0.25, 0.3) is 0 Å². The maximum atomic E-state index is 12.0. The quantitative estimate of drug-likeness (QED) is 0.890. The first-order valence-corrected chi connectivity index (χ1v) is 7.52. The smallest absolute Gasteiger partial charge is 0.252 e. The fourth-order valence-corrected chi connectivity index (χ4v) is 2.45. The molecule has 23 heavy (non-hydrogen) atoms. The molecule has 0 aromatic heterocycles. The van der Waals surface area contributed by atoms with Crippen LogP contribution in [-0.4, -0.2) is 11.8 Å². The number of hydrogen-bond donors (Lipinski definition) is 2. The second-order valence-electron chi connectivity index (χ2n) is 5.80. The van der Waals surface area contributed by atoms with Crippen molar-refractivity contribution in [2.45, 2.75) is 13.3 Å². The molecule has 0 spiro atoms. The maximum Gasteiger partial charge on any atom is 0.252 e. The summed E-state index contributed by atoms with van der Waals surface area (Å²) in [5.41, 5.74) is 6.32. The molecule has 2 amide bonds. The number of hydrogen-bond acceptors (Lipinski definition) is 3. The average Bonchev–Trinajstić information content (AvgIpc) is 3.25. The van der Waals surface area contributed by atoms with Crippen molar-refractivity contribution in [1.29, 1.82) is 0 Å². The molecule has 0 heterocycles. The van der Waals surface area contributed by atoms with Gasteiger partial charge in [0, 0.05) is 17.7 Å². The summed E-state index contributed by atoms with van der Waals surface area (Å²) in [4.78, 5) is 23.4. The lowest BCUT2D eigenvalue weighted by atomic mass is 10.2. The number of amides is 2. The number of carbonyl (C=O) groups excluding carboxylic acids is 2. The largest absolute Gasteiger partial charge is 0.456 e. The molecule has 3 N–H and O–H groups in total. The van der Waals surface area contributed by atoms with Crippen molar-refractivity contribution in [2.24, 2.45) is 17.6 Å². The third-order valence-corrected chi connectivity index (χ3v) is 3.93. The molecule has 1 aliphatic rings. The number of anilines is 1. The molecule has 2 atom stereocenters. The van der Waals surface area contributed by atoms with E-state index in [-0.39, 0.29) is 11.8 Å². The Morgan fingerprint density at radius 3 is 2.61 bits per heavy atom. The molecule has 0 bridgehead atoms. The van der Waals surface area contributed by atoms with Crippen LogP contribution in [0.5, 0.6) is 11.5 Å². The fourth-order valence-electron chi connectivity index (χ4n) is 2.45. The summed E-state index contributed by atoms with van der Waals surface area (Å²) < 4.78 is 5.74. The van der Waals surface area contributed by atoms with Gasteiger partial charge in [-0.2, -0.15) is 0 Å². The van der Waals surface area contributed by atoms with E-state index in [4.69, 9.17) is 10.5 Å². The highest BCUT2D eigenvalue weighted by atomic mass is 16.5. The normalized spacial score (nSPS) is 19.0. The van der Waals surface area contributed by atoms with Gasteiger partial charge in [-0.25, -0.2) is 0 Å². The zero-order valence-corrected chi connectivity index (χ0v) is 12.8.